The van der Waals surface area contributed by atoms with Crippen molar-refractivity contribution < 1.29 is 13.2 Å². The molecule has 59 heavy (non-hydrogen) atoms. The molecule has 9 aromatic carbocycles. The first-order valence-corrected chi connectivity index (χ1v) is 21.0. The highest BCUT2D eigenvalue weighted by Crippen LogP contribution is 2.40. The van der Waals surface area contributed by atoms with Crippen LogP contribution in [0.1, 0.15) is 0 Å². The predicted molar refractivity (Wildman–Crippen MR) is 245 cm³/mol. The van der Waals surface area contributed by atoms with Crippen molar-refractivity contribution in [2.75, 3.05) is 0 Å². The summed E-state index contributed by atoms with van der Waals surface area (Å²) in [5, 5.41) is 4.97. The van der Waals surface area contributed by atoms with Crippen LogP contribution >= 0.6 is 22.7 Å². The van der Waals surface area contributed by atoms with Crippen LogP contribution in [0.5, 0.6) is 0 Å². The van der Waals surface area contributed by atoms with E-state index < -0.39 is 17.5 Å². The van der Waals surface area contributed by atoms with E-state index in [1.54, 1.807) is 34.8 Å². The van der Waals surface area contributed by atoms with Crippen molar-refractivity contribution >= 4 is 63.0 Å². The molecule has 0 atom stereocenters. The van der Waals surface area contributed by atoms with Crippen molar-refractivity contribution in [2.45, 2.75) is 0 Å². The van der Waals surface area contributed by atoms with Gasteiger partial charge in [0.05, 0.1) is 0 Å². The van der Waals surface area contributed by atoms with Gasteiger partial charge in [0, 0.05) is 45.9 Å². The molecule has 0 unspecified atom stereocenters. The normalized spacial score (nSPS) is 11.6. The molecule has 11 rings (SSSR count). The smallest absolute Gasteiger partial charge is 0.131 e. The van der Waals surface area contributed by atoms with E-state index in [-0.39, 0.29) is 5.56 Å². The largest absolute Gasteiger partial charge is 0.207 e. The van der Waals surface area contributed by atoms with E-state index in [1.165, 1.54) is 70.7 Å². The Morgan fingerprint density at radius 1 is 0.254 bits per heavy atom. The van der Waals surface area contributed by atoms with Gasteiger partial charge in [-0.1, -0.05) is 109 Å². The van der Waals surface area contributed by atoms with Crippen LogP contribution in [-0.4, -0.2) is 0 Å². The van der Waals surface area contributed by atoms with E-state index in [0.29, 0.717) is 27.8 Å². The fourth-order valence-corrected chi connectivity index (χ4v) is 10.6. The standard InChI is InChI=1S/C54H31F3S2/c55-43-25-39(34-9-5-7-32(21-34)37-16-19-48-46-11-1-3-13-51(46)58-53(48)30-37)23-40(26-43)36-15-18-45(50(57)29-36)42-24-41(27-44(56)28-42)35-10-6-8-33(22-35)38-17-20-49-47-12-2-4-14-52(47)59-54(49)31-38/h1-31H. The molecule has 0 nitrogen and oxygen atoms in total. The Kier molecular flexibility index (Phi) is 8.54. The van der Waals surface area contributed by atoms with Crippen LogP contribution in [0.4, 0.5) is 13.2 Å². The topological polar surface area (TPSA) is 0 Å². The fraction of sp³-hybridized carbons (Fsp3) is 0. The summed E-state index contributed by atoms with van der Waals surface area (Å²) in [6, 6.07) is 60.2. The van der Waals surface area contributed by atoms with E-state index in [1.807, 2.05) is 42.5 Å². The zero-order valence-corrected chi connectivity index (χ0v) is 33.0. The van der Waals surface area contributed by atoms with E-state index in [0.717, 1.165) is 33.4 Å². The molecule has 0 aliphatic rings. The van der Waals surface area contributed by atoms with Gasteiger partial charge in [-0.2, -0.15) is 0 Å². The highest BCUT2D eigenvalue weighted by Gasteiger charge is 2.15. The first kappa shape index (κ1) is 35.4. The fourth-order valence-electron chi connectivity index (χ4n) is 8.33. The number of hydrogen-bond donors (Lipinski definition) is 0. The SMILES string of the molecule is Fc1cc(-c2cccc(-c3ccc4c(c3)sc3ccccc34)c2)cc(-c2ccc(-c3cc(F)cc(-c4cccc(-c5ccc6c(c5)sc5ccccc56)c4)c3)c(F)c2)c1. The summed E-state index contributed by atoms with van der Waals surface area (Å²) in [7, 11) is 0. The third-order valence-electron chi connectivity index (χ3n) is 11.2. The monoisotopic (exact) mass is 800 g/mol. The van der Waals surface area contributed by atoms with Gasteiger partial charge in [-0.25, -0.2) is 13.2 Å². The molecule has 5 heteroatoms. The molecule has 2 heterocycles. The molecule has 0 amide bonds. The van der Waals surface area contributed by atoms with Gasteiger partial charge >= 0.3 is 0 Å². The van der Waals surface area contributed by atoms with Gasteiger partial charge in [0.2, 0.25) is 0 Å². The molecule has 280 valence electrons. The van der Waals surface area contributed by atoms with Crippen molar-refractivity contribution in [3.05, 3.63) is 206 Å². The Hall–Kier alpha value is -6.79. The molecule has 0 aliphatic heterocycles. The minimum atomic E-state index is -0.520. The van der Waals surface area contributed by atoms with Gasteiger partial charge in [-0.3, -0.25) is 0 Å². The first-order valence-electron chi connectivity index (χ1n) is 19.4. The van der Waals surface area contributed by atoms with Crippen molar-refractivity contribution in [3.63, 3.8) is 0 Å². The lowest BCUT2D eigenvalue weighted by atomic mass is 9.93. The molecule has 2 aromatic heterocycles. The molecular formula is C54H31F3S2. The highest BCUT2D eigenvalue weighted by atomic mass is 32.1. The number of benzene rings is 9. The predicted octanol–water partition coefficient (Wildman–Crippen LogP) is 16.8. The summed E-state index contributed by atoms with van der Waals surface area (Å²) < 4.78 is 51.7. The maximum atomic E-state index is 16.1. The minimum Gasteiger partial charge on any atom is -0.207 e. The summed E-state index contributed by atoms with van der Waals surface area (Å²) in [5.41, 5.74) is 8.97. The number of fused-ring (bicyclic) bond motifs is 6. The lowest BCUT2D eigenvalue weighted by Gasteiger charge is -2.12. The third kappa shape index (κ3) is 6.49. The maximum absolute atomic E-state index is 16.1. The lowest BCUT2D eigenvalue weighted by Crippen LogP contribution is -1.91. The van der Waals surface area contributed by atoms with Gasteiger partial charge in [0.15, 0.2) is 0 Å². The number of hydrogen-bond acceptors (Lipinski definition) is 2. The Morgan fingerprint density at radius 3 is 1.14 bits per heavy atom. The van der Waals surface area contributed by atoms with Crippen molar-refractivity contribution in [3.8, 4) is 66.8 Å². The summed E-state index contributed by atoms with van der Waals surface area (Å²) in [4.78, 5) is 0. The second kappa shape index (κ2) is 14.2. The van der Waals surface area contributed by atoms with E-state index >= 15 is 13.2 Å². The first-order chi connectivity index (χ1) is 28.9. The van der Waals surface area contributed by atoms with Crippen LogP contribution < -0.4 is 0 Å². The summed E-state index contributed by atoms with van der Waals surface area (Å²) in [6.07, 6.45) is 0. The summed E-state index contributed by atoms with van der Waals surface area (Å²) in [6.45, 7) is 0. The third-order valence-corrected chi connectivity index (χ3v) is 13.5. The molecule has 0 N–H and O–H groups in total. The molecule has 0 fully saturated rings. The van der Waals surface area contributed by atoms with Crippen molar-refractivity contribution in [2.24, 2.45) is 0 Å². The van der Waals surface area contributed by atoms with Gasteiger partial charge in [-0.15, -0.1) is 22.7 Å². The molecule has 0 saturated carbocycles. The van der Waals surface area contributed by atoms with Crippen LogP contribution in [0, 0.1) is 17.5 Å². The molecule has 0 bridgehead atoms. The molecule has 11 aromatic rings. The second-order valence-corrected chi connectivity index (χ2v) is 17.1. The number of rotatable bonds is 6. The van der Waals surface area contributed by atoms with Crippen LogP contribution in [0.2, 0.25) is 0 Å². The van der Waals surface area contributed by atoms with E-state index in [9.17, 15) is 0 Å². The molecule has 0 aliphatic carbocycles. The Balaban J connectivity index is 0.889. The Bertz CT molecular complexity index is 3450. The van der Waals surface area contributed by atoms with Gasteiger partial charge in [-0.05, 0) is 140 Å². The Labute approximate surface area is 346 Å². The van der Waals surface area contributed by atoms with Crippen molar-refractivity contribution in [1.82, 2.24) is 0 Å². The molecule has 0 saturated heterocycles. The molecule has 0 radical (unpaired) electrons. The van der Waals surface area contributed by atoms with Gasteiger partial charge in [0.1, 0.15) is 17.5 Å². The maximum Gasteiger partial charge on any atom is 0.131 e. The van der Waals surface area contributed by atoms with Crippen molar-refractivity contribution in [1.29, 1.82) is 0 Å². The quantitative estimate of drug-likeness (QED) is 0.157. The van der Waals surface area contributed by atoms with E-state index in [2.05, 4.69) is 103 Å². The van der Waals surface area contributed by atoms with Gasteiger partial charge < -0.3 is 0 Å². The summed E-state index contributed by atoms with van der Waals surface area (Å²) >= 11 is 3.55. The van der Waals surface area contributed by atoms with Gasteiger partial charge in [0.25, 0.3) is 0 Å². The zero-order chi connectivity index (χ0) is 39.6. The molecular weight excluding hydrogens is 770 g/mol. The highest BCUT2D eigenvalue weighted by molar-refractivity contribution is 7.26. The summed E-state index contributed by atoms with van der Waals surface area (Å²) in [5.74, 6) is -1.40. The van der Waals surface area contributed by atoms with Crippen LogP contribution in [0.15, 0.2) is 188 Å². The average molecular weight is 801 g/mol. The van der Waals surface area contributed by atoms with Crippen LogP contribution in [0.25, 0.3) is 107 Å². The minimum absolute atomic E-state index is 0.265. The second-order valence-electron chi connectivity index (χ2n) is 14.9. The number of halogens is 3. The average Bonchev–Trinajstić information content (AvgIpc) is 3.83. The van der Waals surface area contributed by atoms with E-state index in [4.69, 9.17) is 0 Å². The number of thiophene rings is 2. The lowest BCUT2D eigenvalue weighted by molar-refractivity contribution is 0.624. The Morgan fingerprint density at radius 2 is 0.627 bits per heavy atom. The molecule has 0 spiro atoms. The zero-order valence-electron chi connectivity index (χ0n) is 31.3. The van der Waals surface area contributed by atoms with Crippen LogP contribution in [0.3, 0.4) is 0 Å². The van der Waals surface area contributed by atoms with Crippen LogP contribution in [-0.2, 0) is 0 Å².